The van der Waals surface area contributed by atoms with E-state index in [4.69, 9.17) is 0 Å². The molecule has 1 N–H and O–H groups in total. The molecule has 26 heavy (non-hydrogen) atoms. The summed E-state index contributed by atoms with van der Waals surface area (Å²) >= 11 is 0. The Kier molecular flexibility index (Phi) is 4.16. The van der Waals surface area contributed by atoms with Gasteiger partial charge in [-0.15, -0.1) is 0 Å². The highest BCUT2D eigenvalue weighted by atomic mass is 16.2. The van der Waals surface area contributed by atoms with Gasteiger partial charge in [-0.1, -0.05) is 0 Å². The van der Waals surface area contributed by atoms with Crippen LogP contribution in [0.4, 0.5) is 0 Å². The fourth-order valence-electron chi connectivity index (χ4n) is 5.96. The zero-order chi connectivity index (χ0) is 18.5. The molecule has 0 saturated heterocycles. The third-order valence-electron chi connectivity index (χ3n) is 6.69. The average Bonchev–Trinajstić information content (AvgIpc) is 2.59. The molecule has 0 atom stereocenters. The lowest BCUT2D eigenvalue weighted by atomic mass is 9.49. The van der Waals surface area contributed by atoms with Crippen LogP contribution in [0.3, 0.4) is 0 Å². The van der Waals surface area contributed by atoms with Crippen molar-refractivity contribution in [1.82, 2.24) is 14.5 Å². The molecular formula is C20H27N3O3. The molecule has 4 saturated carbocycles. The number of nitrogens with one attached hydrogen (secondary N) is 1. The molecule has 1 heterocycles. The summed E-state index contributed by atoms with van der Waals surface area (Å²) in [5, 5.41) is 3.07. The molecule has 1 aromatic rings. The van der Waals surface area contributed by atoms with Gasteiger partial charge in [0.05, 0.1) is 5.56 Å². The summed E-state index contributed by atoms with van der Waals surface area (Å²) in [5.74, 6) is 2.42. The van der Waals surface area contributed by atoms with Gasteiger partial charge in [-0.2, -0.15) is 0 Å². The normalized spacial score (nSPS) is 32.3. The van der Waals surface area contributed by atoms with E-state index >= 15 is 0 Å². The number of aryl methyl sites for hydroxylation is 1. The minimum atomic E-state index is -0.391. The van der Waals surface area contributed by atoms with Gasteiger partial charge in [-0.05, 0) is 67.8 Å². The monoisotopic (exact) mass is 357 g/mol. The van der Waals surface area contributed by atoms with E-state index in [1.54, 1.807) is 7.05 Å². The Morgan fingerprint density at radius 1 is 1.15 bits per heavy atom. The quantitative estimate of drug-likeness (QED) is 0.829. The van der Waals surface area contributed by atoms with Crippen LogP contribution in [0.15, 0.2) is 21.9 Å². The standard InChI is InChI=1S/C20H27N3O3/c1-22-11-16(18(25)23(2)19(22)26)3-4-17(24)21-12-20-8-13-5-14(9-20)7-15(6-13)10-20/h3-4,11,13-15H,5-10,12H2,1-2H3,(H,21,24)/b4-3+. The molecule has 1 amide bonds. The number of hydrogen-bond acceptors (Lipinski definition) is 3. The summed E-state index contributed by atoms with van der Waals surface area (Å²) in [4.78, 5) is 36.1. The number of amides is 1. The molecular weight excluding hydrogens is 330 g/mol. The van der Waals surface area contributed by atoms with Crippen LogP contribution in [-0.2, 0) is 18.9 Å². The van der Waals surface area contributed by atoms with Crippen molar-refractivity contribution in [2.45, 2.75) is 38.5 Å². The molecule has 4 fully saturated rings. The van der Waals surface area contributed by atoms with Gasteiger partial charge in [0.1, 0.15) is 0 Å². The summed E-state index contributed by atoms with van der Waals surface area (Å²) in [6, 6.07) is 0. The maximum absolute atomic E-state index is 12.3. The SMILES string of the molecule is Cn1cc(/C=C/C(=O)NCC23CC4CC(CC(C4)C2)C3)c(=O)n(C)c1=O. The molecule has 4 aliphatic rings. The largest absolute Gasteiger partial charge is 0.352 e. The van der Waals surface area contributed by atoms with Crippen LogP contribution in [0.1, 0.15) is 44.1 Å². The molecule has 0 unspecified atom stereocenters. The Morgan fingerprint density at radius 3 is 2.31 bits per heavy atom. The Balaban J connectivity index is 1.41. The number of hydrogen-bond donors (Lipinski definition) is 1. The first-order valence-corrected chi connectivity index (χ1v) is 9.58. The predicted molar refractivity (Wildman–Crippen MR) is 99.6 cm³/mol. The maximum Gasteiger partial charge on any atom is 0.330 e. The van der Waals surface area contributed by atoms with Gasteiger partial charge >= 0.3 is 5.69 Å². The number of aromatic nitrogens is 2. The van der Waals surface area contributed by atoms with Crippen molar-refractivity contribution in [1.29, 1.82) is 0 Å². The van der Waals surface area contributed by atoms with Crippen molar-refractivity contribution in [3.8, 4) is 0 Å². The molecule has 140 valence electrons. The minimum Gasteiger partial charge on any atom is -0.352 e. The van der Waals surface area contributed by atoms with Gasteiger partial charge in [0.25, 0.3) is 5.56 Å². The fraction of sp³-hybridized carbons (Fsp3) is 0.650. The first kappa shape index (κ1) is 17.3. The van der Waals surface area contributed by atoms with E-state index in [1.165, 1.54) is 68.5 Å². The first-order chi connectivity index (χ1) is 12.3. The van der Waals surface area contributed by atoms with E-state index < -0.39 is 5.56 Å². The molecule has 4 bridgehead atoms. The first-order valence-electron chi connectivity index (χ1n) is 9.58. The van der Waals surface area contributed by atoms with Gasteiger partial charge in [0.15, 0.2) is 0 Å². The lowest BCUT2D eigenvalue weighted by Crippen LogP contribution is -2.51. The Labute approximate surface area is 152 Å². The number of carbonyl (C=O) groups excluding carboxylic acids is 1. The molecule has 6 heteroatoms. The van der Waals surface area contributed by atoms with Crippen molar-refractivity contribution in [2.75, 3.05) is 6.54 Å². The topological polar surface area (TPSA) is 73.1 Å². The van der Waals surface area contributed by atoms with Gasteiger partial charge < -0.3 is 9.88 Å². The van der Waals surface area contributed by atoms with E-state index in [0.29, 0.717) is 11.0 Å². The highest BCUT2D eigenvalue weighted by Gasteiger charge is 2.50. The molecule has 0 radical (unpaired) electrons. The van der Waals surface area contributed by atoms with Crippen molar-refractivity contribution >= 4 is 12.0 Å². The second-order valence-electron chi connectivity index (χ2n) is 8.81. The summed E-state index contributed by atoms with van der Waals surface area (Å²) in [6.07, 6.45) is 12.3. The second kappa shape index (κ2) is 6.25. The summed E-state index contributed by atoms with van der Waals surface area (Å²) in [7, 11) is 3.03. The van der Waals surface area contributed by atoms with Crippen LogP contribution < -0.4 is 16.6 Å². The number of nitrogens with zero attached hydrogens (tertiary/aromatic N) is 2. The van der Waals surface area contributed by atoms with Crippen molar-refractivity contribution in [3.05, 3.63) is 38.7 Å². The Morgan fingerprint density at radius 2 is 1.73 bits per heavy atom. The molecule has 0 spiro atoms. The zero-order valence-corrected chi connectivity index (χ0v) is 15.5. The fourth-order valence-corrected chi connectivity index (χ4v) is 5.96. The van der Waals surface area contributed by atoms with Crippen LogP contribution in [0, 0.1) is 23.2 Å². The minimum absolute atomic E-state index is 0.170. The van der Waals surface area contributed by atoms with Crippen LogP contribution in [0.25, 0.3) is 6.08 Å². The van der Waals surface area contributed by atoms with E-state index in [1.807, 2.05) is 0 Å². The average molecular weight is 357 g/mol. The Hall–Kier alpha value is -2.11. The van der Waals surface area contributed by atoms with Gasteiger partial charge in [-0.3, -0.25) is 14.2 Å². The Bertz CT molecular complexity index is 842. The lowest BCUT2D eigenvalue weighted by molar-refractivity contribution is -0.118. The summed E-state index contributed by atoms with van der Waals surface area (Å²) in [5.41, 5.74) is -0.137. The van der Waals surface area contributed by atoms with E-state index in [9.17, 15) is 14.4 Å². The number of carbonyl (C=O) groups is 1. The third kappa shape index (κ3) is 3.06. The van der Waals surface area contributed by atoms with E-state index in [2.05, 4.69) is 5.32 Å². The summed E-state index contributed by atoms with van der Waals surface area (Å²) < 4.78 is 2.39. The lowest BCUT2D eigenvalue weighted by Gasteiger charge is -2.56. The van der Waals surface area contributed by atoms with E-state index in [-0.39, 0.29) is 11.6 Å². The molecule has 0 aliphatic heterocycles. The molecule has 1 aromatic heterocycles. The van der Waals surface area contributed by atoms with Crippen LogP contribution >= 0.6 is 0 Å². The predicted octanol–water partition coefficient (Wildman–Crippen LogP) is 1.43. The molecule has 4 aliphatic carbocycles. The molecule has 0 aromatic carbocycles. The smallest absolute Gasteiger partial charge is 0.330 e. The van der Waals surface area contributed by atoms with Crippen molar-refractivity contribution < 1.29 is 4.79 Å². The van der Waals surface area contributed by atoms with Crippen molar-refractivity contribution in [3.63, 3.8) is 0 Å². The van der Waals surface area contributed by atoms with E-state index in [0.717, 1.165) is 28.9 Å². The third-order valence-corrected chi connectivity index (χ3v) is 6.69. The van der Waals surface area contributed by atoms with Crippen LogP contribution in [0.5, 0.6) is 0 Å². The molecule has 5 rings (SSSR count). The molecule has 6 nitrogen and oxygen atoms in total. The highest BCUT2D eigenvalue weighted by Crippen LogP contribution is 2.59. The summed E-state index contributed by atoms with van der Waals surface area (Å²) in [6.45, 7) is 0.741. The highest BCUT2D eigenvalue weighted by molar-refractivity contribution is 5.91. The van der Waals surface area contributed by atoms with Crippen molar-refractivity contribution in [2.24, 2.45) is 37.3 Å². The van der Waals surface area contributed by atoms with Crippen LogP contribution in [0.2, 0.25) is 0 Å². The van der Waals surface area contributed by atoms with Crippen LogP contribution in [-0.4, -0.2) is 21.6 Å². The second-order valence-corrected chi connectivity index (χ2v) is 8.81. The van der Waals surface area contributed by atoms with Gasteiger partial charge in [0, 0.05) is 32.9 Å². The van der Waals surface area contributed by atoms with Gasteiger partial charge in [-0.25, -0.2) is 4.79 Å². The number of rotatable bonds is 4. The maximum atomic E-state index is 12.3. The van der Waals surface area contributed by atoms with Gasteiger partial charge in [0.2, 0.25) is 5.91 Å². The zero-order valence-electron chi connectivity index (χ0n) is 15.5.